The number of piperidine rings is 1. The molecule has 2 heterocycles. The number of aromatic nitrogens is 1. The molecule has 0 amide bonds. The van der Waals surface area contributed by atoms with Crippen LogP contribution in [0.3, 0.4) is 0 Å². The number of nitrogens with zero attached hydrogens (tertiary/aromatic N) is 2. The first-order valence-electron chi connectivity index (χ1n) is 14.6. The Morgan fingerprint density at radius 1 is 1.12 bits per heavy atom. The summed E-state index contributed by atoms with van der Waals surface area (Å²) in [5.74, 6) is -2.39. The lowest BCUT2D eigenvalue weighted by Crippen LogP contribution is -2.53. The molecular weight excluding hydrogens is 556 g/mol. The molecular formula is C33H41F2N3O5. The molecule has 2 aliphatic rings. The normalized spacial score (nSPS) is 19.6. The number of rotatable bonds is 6. The quantitative estimate of drug-likeness (QED) is 0.298. The molecule has 1 spiro atoms. The maximum Gasteiger partial charge on any atom is 0.419 e. The van der Waals surface area contributed by atoms with Gasteiger partial charge in [-0.15, -0.1) is 0 Å². The van der Waals surface area contributed by atoms with Crippen molar-refractivity contribution in [1.29, 1.82) is 0 Å². The van der Waals surface area contributed by atoms with Gasteiger partial charge in [0.15, 0.2) is 0 Å². The molecule has 10 heteroatoms. The maximum absolute atomic E-state index is 14.2. The summed E-state index contributed by atoms with van der Waals surface area (Å²) in [5, 5.41) is 3.96. The molecule has 1 saturated carbocycles. The molecule has 43 heavy (non-hydrogen) atoms. The zero-order chi connectivity index (χ0) is 31.3. The molecule has 3 aromatic rings. The van der Waals surface area contributed by atoms with Crippen LogP contribution in [0.25, 0.3) is 10.9 Å². The number of nitrogens with one attached hydrogen (secondary N) is 1. The topological polar surface area (TPSA) is 82.0 Å². The number of hydrogen-bond acceptors (Lipinski definition) is 7. The van der Waals surface area contributed by atoms with Gasteiger partial charge in [-0.05, 0) is 87.9 Å². The van der Waals surface area contributed by atoms with Gasteiger partial charge < -0.3 is 19.5 Å². The van der Waals surface area contributed by atoms with Crippen molar-refractivity contribution in [3.8, 4) is 5.75 Å². The number of anilines is 1. The number of carbonyl (C=O) groups excluding carboxylic acids is 2. The molecule has 2 aromatic carbocycles. The smallest absolute Gasteiger partial charge is 0.419 e. The van der Waals surface area contributed by atoms with Crippen LogP contribution in [0.15, 0.2) is 36.5 Å². The molecule has 1 N–H and O–H groups in total. The Morgan fingerprint density at radius 3 is 2.44 bits per heavy atom. The first kappa shape index (κ1) is 30.8. The molecule has 5 rings (SSSR count). The van der Waals surface area contributed by atoms with Gasteiger partial charge in [-0.2, -0.15) is 0 Å². The second kappa shape index (κ2) is 11.1. The highest BCUT2D eigenvalue weighted by Gasteiger charge is 2.58. The summed E-state index contributed by atoms with van der Waals surface area (Å²) >= 11 is 0. The highest BCUT2D eigenvalue weighted by atomic mass is 19.3. The molecule has 1 aliphatic carbocycles. The molecule has 0 radical (unpaired) electrons. The summed E-state index contributed by atoms with van der Waals surface area (Å²) in [6.07, 6.45) is 2.27. The second-order valence-corrected chi connectivity index (χ2v) is 13.0. The highest BCUT2D eigenvalue weighted by molar-refractivity contribution is 5.96. The molecule has 1 aromatic heterocycles. The van der Waals surface area contributed by atoms with Crippen molar-refractivity contribution in [1.82, 2.24) is 9.47 Å². The van der Waals surface area contributed by atoms with E-state index in [-0.39, 0.29) is 18.9 Å². The minimum Gasteiger partial charge on any atom is -0.496 e. The maximum atomic E-state index is 14.2. The third-order valence-corrected chi connectivity index (χ3v) is 8.77. The first-order valence-corrected chi connectivity index (χ1v) is 14.6. The van der Waals surface area contributed by atoms with Crippen molar-refractivity contribution in [2.24, 2.45) is 5.41 Å². The van der Waals surface area contributed by atoms with Gasteiger partial charge >= 0.3 is 12.1 Å². The van der Waals surface area contributed by atoms with E-state index < -0.39 is 29.0 Å². The Labute approximate surface area is 251 Å². The standard InChI is InChI=1S/C33H41F2N3O5/c1-20-14-27(41-6)24(22-10-12-38(28(20)22)30(40)43-31(2,3)4)17-37-13-11-32(18-33(34,35)19-32)16-26(37)21-8-9-23(29(39)42-7)25(15-21)36-5/h8-10,12,14-15,26,36H,11,13,16-19H2,1-7H3. The number of ether oxygens (including phenoxy) is 3. The van der Waals surface area contributed by atoms with Crippen molar-refractivity contribution >= 4 is 28.7 Å². The number of benzene rings is 2. The van der Waals surface area contributed by atoms with Crippen molar-refractivity contribution in [3.63, 3.8) is 0 Å². The highest BCUT2D eigenvalue weighted by Crippen LogP contribution is 2.60. The lowest BCUT2D eigenvalue weighted by molar-refractivity contribution is -0.186. The monoisotopic (exact) mass is 597 g/mol. The Kier molecular flexibility index (Phi) is 7.96. The average molecular weight is 598 g/mol. The summed E-state index contributed by atoms with van der Waals surface area (Å²) in [5.41, 5.74) is 3.40. The van der Waals surface area contributed by atoms with Crippen molar-refractivity contribution in [3.05, 3.63) is 58.8 Å². The van der Waals surface area contributed by atoms with Crippen LogP contribution in [0.2, 0.25) is 0 Å². The predicted octanol–water partition coefficient (Wildman–Crippen LogP) is 7.32. The van der Waals surface area contributed by atoms with Gasteiger partial charge in [-0.25, -0.2) is 18.4 Å². The Morgan fingerprint density at radius 2 is 1.84 bits per heavy atom. The van der Waals surface area contributed by atoms with E-state index in [0.29, 0.717) is 42.9 Å². The van der Waals surface area contributed by atoms with Crippen molar-refractivity contribution in [2.45, 2.75) is 77.5 Å². The fraction of sp³-hybridized carbons (Fsp3) is 0.515. The number of hydrogen-bond donors (Lipinski definition) is 1. The van der Waals surface area contributed by atoms with Gasteiger partial charge in [-0.3, -0.25) is 9.47 Å². The zero-order valence-electron chi connectivity index (χ0n) is 26.0. The first-order chi connectivity index (χ1) is 20.2. The largest absolute Gasteiger partial charge is 0.496 e. The lowest BCUT2D eigenvalue weighted by Gasteiger charge is -2.54. The van der Waals surface area contributed by atoms with Crippen LogP contribution in [-0.4, -0.2) is 60.9 Å². The van der Waals surface area contributed by atoms with E-state index in [0.717, 1.165) is 27.6 Å². The van der Waals surface area contributed by atoms with E-state index in [4.69, 9.17) is 14.2 Å². The van der Waals surface area contributed by atoms with Crippen molar-refractivity contribution < 1.29 is 32.6 Å². The summed E-state index contributed by atoms with van der Waals surface area (Å²) in [6.45, 7) is 8.51. The van der Waals surface area contributed by atoms with Crippen LogP contribution >= 0.6 is 0 Å². The fourth-order valence-corrected chi connectivity index (χ4v) is 6.90. The average Bonchev–Trinajstić information content (AvgIpc) is 3.39. The number of halogens is 2. The molecule has 232 valence electrons. The van der Waals surface area contributed by atoms with Gasteiger partial charge in [-0.1, -0.05) is 6.07 Å². The number of carbonyl (C=O) groups is 2. The molecule has 2 fully saturated rings. The van der Waals surface area contributed by atoms with Gasteiger partial charge in [0.1, 0.15) is 11.4 Å². The zero-order valence-corrected chi connectivity index (χ0v) is 26.0. The van der Waals surface area contributed by atoms with E-state index >= 15 is 0 Å². The summed E-state index contributed by atoms with van der Waals surface area (Å²) in [6, 6.07) is 9.19. The van der Waals surface area contributed by atoms with Crippen LogP contribution in [-0.2, 0) is 16.0 Å². The van der Waals surface area contributed by atoms with E-state index in [1.54, 1.807) is 26.4 Å². The van der Waals surface area contributed by atoms with Gasteiger partial charge in [0, 0.05) is 55.3 Å². The molecule has 1 atom stereocenters. The Hall–Kier alpha value is -3.66. The van der Waals surface area contributed by atoms with E-state index in [9.17, 15) is 18.4 Å². The van der Waals surface area contributed by atoms with Gasteiger partial charge in [0.25, 0.3) is 0 Å². The van der Waals surface area contributed by atoms with E-state index in [1.165, 1.54) is 11.7 Å². The SMILES string of the molecule is CNc1cc(C2CC3(CCN2Cc2c(OC)cc(C)c4c2ccn4C(=O)OC(C)(C)C)CC(F)(F)C3)ccc1C(=O)OC. The molecule has 1 unspecified atom stereocenters. The third kappa shape index (κ3) is 5.94. The molecule has 8 nitrogen and oxygen atoms in total. The number of likely N-dealkylation sites (tertiary alicyclic amines) is 1. The fourth-order valence-electron chi connectivity index (χ4n) is 6.90. The van der Waals surface area contributed by atoms with Crippen molar-refractivity contribution in [2.75, 3.05) is 33.1 Å². The van der Waals surface area contributed by atoms with Crippen LogP contribution in [0.5, 0.6) is 5.75 Å². The number of fused-ring (bicyclic) bond motifs is 1. The molecule has 1 saturated heterocycles. The number of esters is 1. The van der Waals surface area contributed by atoms with Crippen LogP contribution in [0.1, 0.15) is 79.5 Å². The summed E-state index contributed by atoms with van der Waals surface area (Å²) in [7, 11) is 4.70. The molecule has 1 aliphatic heterocycles. The minimum absolute atomic E-state index is 0.111. The van der Waals surface area contributed by atoms with E-state index in [1.807, 2.05) is 52.0 Å². The van der Waals surface area contributed by atoms with Crippen LogP contribution in [0.4, 0.5) is 19.3 Å². The number of aryl methyl sites for hydroxylation is 1. The predicted molar refractivity (Wildman–Crippen MR) is 161 cm³/mol. The number of methoxy groups -OCH3 is 2. The van der Waals surface area contributed by atoms with Gasteiger partial charge in [0.05, 0.1) is 25.3 Å². The minimum atomic E-state index is -2.63. The summed E-state index contributed by atoms with van der Waals surface area (Å²) in [4.78, 5) is 27.8. The van der Waals surface area contributed by atoms with Crippen LogP contribution in [0, 0.1) is 12.3 Å². The van der Waals surface area contributed by atoms with Gasteiger partial charge in [0.2, 0.25) is 5.92 Å². The summed E-state index contributed by atoms with van der Waals surface area (Å²) < 4.78 is 46.4. The van der Waals surface area contributed by atoms with E-state index in [2.05, 4.69) is 10.2 Å². The Bertz CT molecular complexity index is 1550. The number of alkyl halides is 2. The second-order valence-electron chi connectivity index (χ2n) is 13.0. The van der Waals surface area contributed by atoms with Crippen LogP contribution < -0.4 is 10.1 Å². The molecule has 0 bridgehead atoms. The Balaban J connectivity index is 1.56. The third-order valence-electron chi connectivity index (χ3n) is 8.77. The lowest BCUT2D eigenvalue weighted by atomic mass is 9.59.